The molecule has 0 radical (unpaired) electrons. The summed E-state index contributed by atoms with van der Waals surface area (Å²) in [5.41, 5.74) is 0.902. The van der Waals surface area contributed by atoms with Crippen LogP contribution in [0.15, 0.2) is 41.0 Å². The Hall–Kier alpha value is -2.76. The van der Waals surface area contributed by atoms with Crippen molar-refractivity contribution in [3.05, 3.63) is 42.2 Å². The molecule has 3 rings (SSSR count). The highest BCUT2D eigenvalue weighted by Gasteiger charge is 2.15. The number of fused-ring (bicyclic) bond motifs is 1. The summed E-state index contributed by atoms with van der Waals surface area (Å²) in [4.78, 5) is 15.0. The van der Waals surface area contributed by atoms with Gasteiger partial charge < -0.3 is 14.7 Å². The Bertz CT molecular complexity index is 728. The fraction of sp³-hybridized carbons (Fsp3) is 0. The van der Waals surface area contributed by atoms with Crippen LogP contribution in [0.5, 0.6) is 0 Å². The molecular weight excluding hydrogens is 236 g/mol. The Balaban J connectivity index is 2.25. The number of carboxylic acid groups (broad SMARTS) is 1. The van der Waals surface area contributed by atoms with Crippen LogP contribution < -0.4 is 0 Å². The van der Waals surface area contributed by atoms with Crippen LogP contribution in [0.2, 0.25) is 0 Å². The van der Waals surface area contributed by atoms with Gasteiger partial charge in [0.05, 0.1) is 17.3 Å². The Morgan fingerprint density at radius 3 is 2.83 bits per heavy atom. The van der Waals surface area contributed by atoms with Crippen LogP contribution in [-0.2, 0) is 0 Å². The van der Waals surface area contributed by atoms with E-state index in [-0.39, 0.29) is 11.4 Å². The van der Waals surface area contributed by atoms with E-state index in [1.807, 2.05) is 0 Å². The molecule has 0 fully saturated rings. The van der Waals surface area contributed by atoms with Crippen molar-refractivity contribution in [2.75, 3.05) is 0 Å². The highest BCUT2D eigenvalue weighted by molar-refractivity contribution is 5.93. The number of carbonyl (C=O) groups is 1. The zero-order chi connectivity index (χ0) is 12.7. The van der Waals surface area contributed by atoms with Gasteiger partial charge >= 0.3 is 5.97 Å². The van der Waals surface area contributed by atoms with Crippen LogP contribution in [0.4, 0.5) is 0 Å². The lowest BCUT2D eigenvalue weighted by molar-refractivity contribution is 0.0697. The topological polar surface area (TPSA) is 88.5 Å². The molecule has 0 aliphatic rings. The summed E-state index contributed by atoms with van der Waals surface area (Å²) in [6.07, 6.45) is 1.47. The first-order valence-electron chi connectivity index (χ1n) is 5.16. The normalized spacial score (nSPS) is 10.9. The molecule has 2 aromatic heterocycles. The lowest BCUT2D eigenvalue weighted by Gasteiger charge is -1.98. The summed E-state index contributed by atoms with van der Waals surface area (Å²) in [6.45, 7) is 0. The molecule has 0 unspecified atom stereocenters. The second kappa shape index (κ2) is 3.63. The van der Waals surface area contributed by atoms with E-state index in [4.69, 9.17) is 9.52 Å². The number of benzene rings is 1. The molecule has 2 N–H and O–H groups in total. The standard InChI is InChI=1S/C12H8N2O4/c15-12(16)7-3-4-8-9(6-7)14(17)11(13-8)10-2-1-5-18-10/h1-6,17H,(H,15,16). The van der Waals surface area contributed by atoms with Gasteiger partial charge in [0.15, 0.2) is 5.76 Å². The first-order valence-corrected chi connectivity index (χ1v) is 5.16. The third-order valence-corrected chi connectivity index (χ3v) is 2.62. The average molecular weight is 244 g/mol. The maximum Gasteiger partial charge on any atom is 0.335 e. The van der Waals surface area contributed by atoms with E-state index in [1.165, 1.54) is 24.5 Å². The van der Waals surface area contributed by atoms with Gasteiger partial charge in [-0.3, -0.25) is 0 Å². The predicted molar refractivity (Wildman–Crippen MR) is 61.6 cm³/mol. The molecule has 0 spiro atoms. The molecule has 0 bridgehead atoms. The van der Waals surface area contributed by atoms with Crippen LogP contribution in [0.3, 0.4) is 0 Å². The maximum absolute atomic E-state index is 10.9. The molecular formula is C12H8N2O4. The van der Waals surface area contributed by atoms with Crippen molar-refractivity contribution in [2.24, 2.45) is 0 Å². The Morgan fingerprint density at radius 2 is 2.17 bits per heavy atom. The third kappa shape index (κ3) is 1.43. The minimum Gasteiger partial charge on any atom is -0.478 e. The fourth-order valence-electron chi connectivity index (χ4n) is 1.76. The smallest absolute Gasteiger partial charge is 0.335 e. The van der Waals surface area contributed by atoms with Crippen LogP contribution in [0, 0.1) is 0 Å². The van der Waals surface area contributed by atoms with Gasteiger partial charge in [-0.25, -0.2) is 9.78 Å². The number of aromatic carboxylic acids is 1. The first kappa shape index (κ1) is 10.4. The van der Waals surface area contributed by atoms with Gasteiger partial charge in [0, 0.05) is 0 Å². The van der Waals surface area contributed by atoms with Gasteiger partial charge in [0.2, 0.25) is 5.82 Å². The highest BCUT2D eigenvalue weighted by Crippen LogP contribution is 2.24. The Labute approximate surface area is 101 Å². The zero-order valence-corrected chi connectivity index (χ0v) is 9.07. The third-order valence-electron chi connectivity index (χ3n) is 2.62. The molecule has 90 valence electrons. The van der Waals surface area contributed by atoms with Crippen molar-refractivity contribution >= 4 is 17.0 Å². The second-order valence-electron chi connectivity index (χ2n) is 3.73. The average Bonchev–Trinajstić information content (AvgIpc) is 2.97. The van der Waals surface area contributed by atoms with Crippen molar-refractivity contribution in [2.45, 2.75) is 0 Å². The van der Waals surface area contributed by atoms with Gasteiger partial charge in [0.1, 0.15) is 5.52 Å². The van der Waals surface area contributed by atoms with Gasteiger partial charge in [-0.15, -0.1) is 0 Å². The van der Waals surface area contributed by atoms with Crippen LogP contribution in [-0.4, -0.2) is 26.0 Å². The van der Waals surface area contributed by atoms with Crippen LogP contribution in [0.25, 0.3) is 22.6 Å². The monoisotopic (exact) mass is 244 g/mol. The number of aromatic nitrogens is 2. The van der Waals surface area contributed by atoms with E-state index in [0.717, 1.165) is 4.73 Å². The van der Waals surface area contributed by atoms with E-state index in [1.54, 1.807) is 12.1 Å². The second-order valence-corrected chi connectivity index (χ2v) is 3.73. The molecule has 0 saturated heterocycles. The van der Waals surface area contributed by atoms with Gasteiger partial charge in [-0.1, -0.05) is 0 Å². The molecule has 18 heavy (non-hydrogen) atoms. The number of imidazole rings is 1. The highest BCUT2D eigenvalue weighted by atomic mass is 16.5. The molecule has 0 atom stereocenters. The maximum atomic E-state index is 10.9. The summed E-state index contributed by atoms with van der Waals surface area (Å²) in [7, 11) is 0. The van der Waals surface area contributed by atoms with Gasteiger partial charge in [-0.05, 0) is 30.3 Å². The van der Waals surface area contributed by atoms with Crippen LogP contribution >= 0.6 is 0 Å². The van der Waals surface area contributed by atoms with Crippen molar-refractivity contribution in [1.82, 2.24) is 9.71 Å². The summed E-state index contributed by atoms with van der Waals surface area (Å²) in [5.74, 6) is -0.416. The molecule has 0 aliphatic heterocycles. The number of furan rings is 1. The van der Waals surface area contributed by atoms with E-state index in [2.05, 4.69) is 4.98 Å². The molecule has 6 nitrogen and oxygen atoms in total. The summed E-state index contributed by atoms with van der Waals surface area (Å²) >= 11 is 0. The number of hydrogen-bond acceptors (Lipinski definition) is 4. The van der Waals surface area contributed by atoms with Crippen molar-refractivity contribution in [3.63, 3.8) is 0 Å². The molecule has 0 aliphatic carbocycles. The molecule has 1 aromatic carbocycles. The largest absolute Gasteiger partial charge is 0.478 e. The molecule has 3 aromatic rings. The van der Waals surface area contributed by atoms with Crippen LogP contribution in [0.1, 0.15) is 10.4 Å². The van der Waals surface area contributed by atoms with E-state index in [0.29, 0.717) is 16.8 Å². The van der Waals surface area contributed by atoms with Crippen molar-refractivity contribution in [3.8, 4) is 11.6 Å². The number of carboxylic acids is 1. The Kier molecular flexibility index (Phi) is 2.09. The van der Waals surface area contributed by atoms with E-state index >= 15 is 0 Å². The SMILES string of the molecule is O=C(O)c1ccc2nc(-c3ccco3)n(O)c2c1. The van der Waals surface area contributed by atoms with E-state index < -0.39 is 5.97 Å². The van der Waals surface area contributed by atoms with Gasteiger partial charge in [-0.2, -0.15) is 4.73 Å². The van der Waals surface area contributed by atoms with Crippen molar-refractivity contribution in [1.29, 1.82) is 0 Å². The number of hydrogen-bond donors (Lipinski definition) is 2. The molecule has 6 heteroatoms. The van der Waals surface area contributed by atoms with Gasteiger partial charge in [0.25, 0.3) is 0 Å². The van der Waals surface area contributed by atoms with Crippen molar-refractivity contribution < 1.29 is 19.5 Å². The predicted octanol–water partition coefficient (Wildman–Crippen LogP) is 2.23. The fourth-order valence-corrected chi connectivity index (χ4v) is 1.76. The summed E-state index contributed by atoms with van der Waals surface area (Å²) in [5, 5.41) is 18.9. The molecule has 2 heterocycles. The Morgan fingerprint density at radius 1 is 1.33 bits per heavy atom. The number of rotatable bonds is 2. The quantitative estimate of drug-likeness (QED) is 0.675. The number of nitrogens with zero attached hydrogens (tertiary/aromatic N) is 2. The zero-order valence-electron chi connectivity index (χ0n) is 9.07. The summed E-state index contributed by atoms with van der Waals surface area (Å²) < 4.78 is 5.97. The lowest BCUT2D eigenvalue weighted by atomic mass is 10.2. The van der Waals surface area contributed by atoms with E-state index in [9.17, 15) is 10.0 Å². The lowest BCUT2D eigenvalue weighted by Crippen LogP contribution is -1.97. The first-order chi connectivity index (χ1) is 8.66. The molecule has 0 amide bonds. The molecule has 0 saturated carbocycles. The summed E-state index contributed by atoms with van der Waals surface area (Å²) in [6, 6.07) is 7.67. The minimum atomic E-state index is -1.06. The minimum absolute atomic E-state index is 0.0868.